The molecule has 11 rings (SSSR count). The van der Waals surface area contributed by atoms with Gasteiger partial charge in [-0.05, 0) is 225 Å². The van der Waals surface area contributed by atoms with E-state index in [-0.39, 0.29) is 16.2 Å². The molecule has 0 N–H and O–H groups in total. The van der Waals surface area contributed by atoms with Crippen LogP contribution < -0.4 is 14.7 Å². The van der Waals surface area contributed by atoms with Crippen LogP contribution in [0.15, 0.2) is 254 Å². The van der Waals surface area contributed by atoms with Crippen molar-refractivity contribution in [3.05, 3.63) is 293 Å². The molecule has 0 bridgehead atoms. The third kappa shape index (κ3) is 12.6. The average molecular weight is 1110 g/mol. The average Bonchev–Trinajstić information content (AvgIpc) is 3.65. The third-order valence-corrected chi connectivity index (χ3v) is 17.2. The molecule has 1 atom stereocenters. The van der Waals surface area contributed by atoms with Crippen molar-refractivity contribution in [1.82, 2.24) is 0 Å². The first-order valence-corrected chi connectivity index (χ1v) is 30.4. The van der Waals surface area contributed by atoms with E-state index in [1.165, 1.54) is 83.8 Å². The Morgan fingerprint density at radius 3 is 1.11 bits per heavy atom. The van der Waals surface area contributed by atoms with Gasteiger partial charge in [0.2, 0.25) is 0 Å². The lowest BCUT2D eigenvalue weighted by molar-refractivity contribution is 0.590. The Morgan fingerprint density at radius 2 is 0.694 bits per heavy atom. The first-order valence-electron chi connectivity index (χ1n) is 30.4. The van der Waals surface area contributed by atoms with Crippen molar-refractivity contribution in [2.45, 2.75) is 113 Å². The molecule has 0 fully saturated rings. The molecule has 0 aliphatic heterocycles. The monoisotopic (exact) mass is 1110 g/mol. The lowest BCUT2D eigenvalue weighted by Crippen LogP contribution is -2.21. The lowest BCUT2D eigenvalue weighted by atomic mass is 9.85. The molecule has 0 spiro atoms. The van der Waals surface area contributed by atoms with E-state index in [9.17, 15) is 0 Å². The largest absolute Gasteiger partial charge is 0.314 e. The van der Waals surface area contributed by atoms with E-state index in [0.29, 0.717) is 5.92 Å². The van der Waals surface area contributed by atoms with Gasteiger partial charge in [0.15, 0.2) is 0 Å². The molecule has 85 heavy (non-hydrogen) atoms. The van der Waals surface area contributed by atoms with Crippen LogP contribution in [0.1, 0.15) is 115 Å². The summed E-state index contributed by atoms with van der Waals surface area (Å²) in [4.78, 5) is 7.26. The zero-order valence-corrected chi connectivity index (χ0v) is 52.3. The van der Waals surface area contributed by atoms with E-state index in [2.05, 4.69) is 353 Å². The summed E-state index contributed by atoms with van der Waals surface area (Å²) in [5.74, 6) is 0.364. The second kappa shape index (κ2) is 23.6. The van der Waals surface area contributed by atoms with Crippen LogP contribution in [0, 0.1) is 26.7 Å². The number of hydrogen-bond acceptors (Lipinski definition) is 3. The van der Waals surface area contributed by atoms with E-state index >= 15 is 0 Å². The maximum absolute atomic E-state index is 2.48. The summed E-state index contributed by atoms with van der Waals surface area (Å²) < 4.78 is 0. The summed E-state index contributed by atoms with van der Waals surface area (Å²) in [7, 11) is 0. The second-order valence-electron chi connectivity index (χ2n) is 26.7. The molecule has 10 aromatic carbocycles. The number of anilines is 8. The van der Waals surface area contributed by atoms with Gasteiger partial charge in [0.05, 0.1) is 0 Å². The summed E-state index contributed by atoms with van der Waals surface area (Å²) in [5, 5.41) is 0. The van der Waals surface area contributed by atoms with Gasteiger partial charge in [-0.1, -0.05) is 220 Å². The van der Waals surface area contributed by atoms with Crippen molar-refractivity contribution >= 4 is 51.1 Å². The minimum atomic E-state index is 0.0361. The van der Waals surface area contributed by atoms with Crippen LogP contribution in [0.2, 0.25) is 0 Å². The standard InChI is InChI=1S/C82H83N3/c1-56-19-21-64(22-20-56)77-50-48-75(54-57(77)2)84(72-44-32-67(33-45-72)81(8,9)10)76-49-51-78(58(3)55-76)65-29-52-79(59(4)53-65)85(74-46-34-68(35-47-74)82(11,12)13)73-40-27-63(28-41-73)62-25-38-70(39-26-62)83(71-42-30-66(31-43-71)80(5,6)7)69-36-23-61(24-37-69)60-17-15-14-16-18-60/h14-53,55,57H,54H2,1-13H3/t57-/m1/s1. The zero-order chi connectivity index (χ0) is 59.8. The molecule has 1 aliphatic rings. The van der Waals surface area contributed by atoms with Gasteiger partial charge in [0.25, 0.3) is 0 Å². The molecule has 0 unspecified atom stereocenters. The van der Waals surface area contributed by atoms with E-state index in [0.717, 1.165) is 51.7 Å². The lowest BCUT2D eigenvalue weighted by Gasteiger charge is -2.33. The van der Waals surface area contributed by atoms with E-state index in [1.54, 1.807) is 0 Å². The molecule has 426 valence electrons. The van der Waals surface area contributed by atoms with Gasteiger partial charge in [0.1, 0.15) is 0 Å². The van der Waals surface area contributed by atoms with Crippen molar-refractivity contribution < 1.29 is 0 Å². The van der Waals surface area contributed by atoms with Crippen LogP contribution in [-0.4, -0.2) is 0 Å². The van der Waals surface area contributed by atoms with Crippen LogP contribution in [0.5, 0.6) is 0 Å². The number of allylic oxidation sites excluding steroid dienone is 4. The van der Waals surface area contributed by atoms with Crippen molar-refractivity contribution in [2.24, 2.45) is 5.92 Å². The number of hydrogen-bond donors (Lipinski definition) is 0. The molecule has 3 nitrogen and oxygen atoms in total. The van der Waals surface area contributed by atoms with Crippen molar-refractivity contribution in [2.75, 3.05) is 14.7 Å². The maximum Gasteiger partial charge on any atom is 0.0491 e. The molecular weight excluding hydrogens is 1030 g/mol. The summed E-state index contributed by atoms with van der Waals surface area (Å²) in [6.45, 7) is 29.5. The summed E-state index contributed by atoms with van der Waals surface area (Å²) in [6, 6.07) is 88.1. The van der Waals surface area contributed by atoms with Crippen LogP contribution >= 0.6 is 0 Å². The number of benzene rings is 10. The molecule has 0 heterocycles. The zero-order valence-electron chi connectivity index (χ0n) is 52.3. The fourth-order valence-corrected chi connectivity index (χ4v) is 12.0. The SMILES string of the molecule is Cc1ccc(C2=CC=C(N(c3ccc(C(C)(C)C)cc3)c3ccc(-c4ccc(N(c5ccc(-c6ccc(N(c7ccc(-c8ccccc8)cc7)c7ccc(C(C)(C)C)cc7)cc6)cc5)c5ccc(C(C)(C)C)cc5)c(C)c4)c(C)c3)C[C@H]2C)cc1. The van der Waals surface area contributed by atoms with Gasteiger partial charge in [-0.15, -0.1) is 0 Å². The number of nitrogens with zero attached hydrogens (tertiary/aromatic N) is 3. The van der Waals surface area contributed by atoms with Gasteiger partial charge in [-0.25, -0.2) is 0 Å². The predicted molar refractivity (Wildman–Crippen MR) is 367 cm³/mol. The molecule has 0 saturated heterocycles. The van der Waals surface area contributed by atoms with E-state index in [1.807, 2.05) is 0 Å². The Balaban J connectivity index is 0.900. The molecule has 0 amide bonds. The Hall–Kier alpha value is -8.92. The van der Waals surface area contributed by atoms with E-state index in [4.69, 9.17) is 0 Å². The minimum absolute atomic E-state index is 0.0361. The quantitative estimate of drug-likeness (QED) is 0.114. The van der Waals surface area contributed by atoms with Crippen molar-refractivity contribution in [1.29, 1.82) is 0 Å². The molecular formula is C82H83N3. The fourth-order valence-electron chi connectivity index (χ4n) is 12.0. The topological polar surface area (TPSA) is 9.72 Å². The number of aryl methyl sites for hydroxylation is 3. The summed E-state index contributed by atoms with van der Waals surface area (Å²) >= 11 is 0. The van der Waals surface area contributed by atoms with Crippen LogP contribution in [0.25, 0.3) is 39.0 Å². The highest BCUT2D eigenvalue weighted by Crippen LogP contribution is 2.45. The van der Waals surface area contributed by atoms with Crippen LogP contribution in [-0.2, 0) is 16.2 Å². The molecule has 10 aromatic rings. The van der Waals surface area contributed by atoms with Crippen molar-refractivity contribution in [3.8, 4) is 33.4 Å². The first kappa shape index (κ1) is 57.9. The first-order chi connectivity index (χ1) is 40.7. The number of rotatable bonds is 13. The molecule has 3 heteroatoms. The molecule has 0 aromatic heterocycles. The van der Waals surface area contributed by atoms with E-state index < -0.39 is 0 Å². The predicted octanol–water partition coefficient (Wildman–Crippen LogP) is 23.6. The Bertz CT molecular complexity index is 3990. The normalized spacial score (nSPS) is 13.7. The smallest absolute Gasteiger partial charge is 0.0491 e. The van der Waals surface area contributed by atoms with Gasteiger partial charge in [0, 0.05) is 51.2 Å². The Morgan fingerprint density at radius 1 is 0.318 bits per heavy atom. The molecule has 1 aliphatic carbocycles. The van der Waals surface area contributed by atoms with Gasteiger partial charge >= 0.3 is 0 Å². The highest BCUT2D eigenvalue weighted by Gasteiger charge is 2.26. The second-order valence-corrected chi connectivity index (χ2v) is 26.7. The molecule has 0 saturated carbocycles. The highest BCUT2D eigenvalue weighted by atomic mass is 15.2. The summed E-state index contributed by atoms with van der Waals surface area (Å²) in [6.07, 6.45) is 5.63. The van der Waals surface area contributed by atoms with Gasteiger partial charge in [-0.2, -0.15) is 0 Å². The minimum Gasteiger partial charge on any atom is -0.314 e. The van der Waals surface area contributed by atoms with Crippen LogP contribution in [0.4, 0.5) is 45.5 Å². The highest BCUT2D eigenvalue weighted by molar-refractivity contribution is 5.85. The molecule has 0 radical (unpaired) electrons. The maximum atomic E-state index is 2.48. The Kier molecular flexibility index (Phi) is 16.1. The fraction of sp³-hybridized carbons (Fsp3) is 0.220. The summed E-state index contributed by atoms with van der Waals surface area (Å²) in [5.41, 5.74) is 28.0. The third-order valence-electron chi connectivity index (χ3n) is 17.2. The van der Waals surface area contributed by atoms with Gasteiger partial charge < -0.3 is 14.7 Å². The van der Waals surface area contributed by atoms with Crippen LogP contribution in [0.3, 0.4) is 0 Å². The van der Waals surface area contributed by atoms with Crippen molar-refractivity contribution in [3.63, 3.8) is 0 Å². The Labute approximate surface area is 508 Å². The van der Waals surface area contributed by atoms with Gasteiger partial charge in [-0.3, -0.25) is 0 Å².